The molecule has 2 nitrogen and oxygen atoms in total. The summed E-state index contributed by atoms with van der Waals surface area (Å²) in [5.74, 6) is 1.61. The Morgan fingerprint density at radius 2 is 0.795 bits per heavy atom. The van der Waals surface area contributed by atoms with Crippen molar-refractivity contribution in [2.45, 2.75) is 220 Å². The molecule has 230 valence electrons. The number of hydrogen-bond donors (Lipinski definition) is 0. The fourth-order valence-electron chi connectivity index (χ4n) is 6.15. The van der Waals surface area contributed by atoms with Crippen molar-refractivity contribution in [3.63, 3.8) is 0 Å². The van der Waals surface area contributed by atoms with Gasteiger partial charge in [-0.3, -0.25) is 0 Å². The summed E-state index contributed by atoms with van der Waals surface area (Å²) in [6, 6.07) is 0. The molecule has 0 saturated carbocycles. The van der Waals surface area contributed by atoms with Gasteiger partial charge in [0.2, 0.25) is 0 Å². The molecule has 0 atom stereocenters. The lowest BCUT2D eigenvalue weighted by molar-refractivity contribution is -0.704. The number of nitrogens with zero attached hydrogens (tertiary/aromatic N) is 2. The number of imidazole rings is 1. The van der Waals surface area contributed by atoms with Gasteiger partial charge in [0.05, 0.1) is 13.1 Å². The Morgan fingerprint density at radius 3 is 1.23 bits per heavy atom. The van der Waals surface area contributed by atoms with Crippen molar-refractivity contribution in [1.82, 2.24) is 4.57 Å². The van der Waals surface area contributed by atoms with Crippen LogP contribution in [0.1, 0.15) is 206 Å². The summed E-state index contributed by atoms with van der Waals surface area (Å²) in [6.45, 7) is 9.39. The van der Waals surface area contributed by atoms with Crippen LogP contribution in [0.3, 0.4) is 0 Å². The molecule has 1 rings (SSSR count). The lowest BCUT2D eigenvalue weighted by Gasteiger charge is -2.07. The second-order valence-electron chi connectivity index (χ2n) is 12.7. The van der Waals surface area contributed by atoms with Crippen molar-refractivity contribution in [3.8, 4) is 0 Å². The number of unbranched alkanes of at least 4 members (excludes halogenated alkanes) is 25. The first kappa shape index (κ1) is 36.2. The SMILES string of the molecule is CCCCCCCCCCCCCCCCC[n+]1ccn(CCCCCCCCCCC)c1CCCCCC. The minimum Gasteiger partial charge on any atom is -0.234 e. The van der Waals surface area contributed by atoms with Crippen molar-refractivity contribution in [2.75, 3.05) is 0 Å². The molecule has 0 unspecified atom stereocenters. The lowest BCUT2D eigenvalue weighted by Crippen LogP contribution is -2.37. The molecule has 1 aromatic rings. The quantitative estimate of drug-likeness (QED) is 0.0648. The van der Waals surface area contributed by atoms with Crippen LogP contribution >= 0.6 is 0 Å². The molecule has 0 amide bonds. The third kappa shape index (κ3) is 21.6. The summed E-state index contributed by atoms with van der Waals surface area (Å²) < 4.78 is 5.22. The zero-order chi connectivity index (χ0) is 28.1. The van der Waals surface area contributed by atoms with Crippen LogP contribution in [0.25, 0.3) is 0 Å². The summed E-state index contributed by atoms with van der Waals surface area (Å²) in [5, 5.41) is 0. The number of aryl methyl sites for hydroxylation is 2. The third-order valence-corrected chi connectivity index (χ3v) is 8.85. The van der Waals surface area contributed by atoms with E-state index in [1.54, 1.807) is 5.82 Å². The minimum atomic E-state index is 1.23. The Balaban J connectivity index is 2.17. The van der Waals surface area contributed by atoms with Crippen LogP contribution in [0.15, 0.2) is 12.4 Å². The molecule has 39 heavy (non-hydrogen) atoms. The molecular formula is C37H73N2+. The molecule has 2 heteroatoms. The van der Waals surface area contributed by atoms with Crippen LogP contribution in [0, 0.1) is 0 Å². The minimum absolute atomic E-state index is 1.23. The second-order valence-corrected chi connectivity index (χ2v) is 12.7. The largest absolute Gasteiger partial charge is 0.256 e. The first-order valence-electron chi connectivity index (χ1n) is 18.4. The number of aromatic nitrogens is 2. The van der Waals surface area contributed by atoms with Gasteiger partial charge in [-0.25, -0.2) is 9.13 Å². The van der Waals surface area contributed by atoms with Gasteiger partial charge in [0.15, 0.2) is 0 Å². The fourth-order valence-corrected chi connectivity index (χ4v) is 6.15. The van der Waals surface area contributed by atoms with Crippen LogP contribution in [0.5, 0.6) is 0 Å². The number of hydrogen-bond acceptors (Lipinski definition) is 0. The van der Waals surface area contributed by atoms with E-state index >= 15 is 0 Å². The molecule has 0 aromatic carbocycles. The standard InChI is InChI=1S/C37H73N2/c1-4-7-10-13-15-17-18-19-20-21-22-24-26-28-31-34-39-36-35-38(37(39)32-29-12-9-6-3)33-30-27-25-23-16-14-11-8-5-2/h35-36H,4-34H2,1-3H3/q+1. The van der Waals surface area contributed by atoms with E-state index < -0.39 is 0 Å². The molecule has 0 fully saturated rings. The highest BCUT2D eigenvalue weighted by Gasteiger charge is 2.16. The van der Waals surface area contributed by atoms with Crippen molar-refractivity contribution in [1.29, 1.82) is 0 Å². The second kappa shape index (κ2) is 28.7. The summed E-state index contributed by atoms with van der Waals surface area (Å²) in [6.07, 6.45) is 45.9. The van der Waals surface area contributed by atoms with E-state index in [2.05, 4.69) is 42.3 Å². The van der Waals surface area contributed by atoms with Gasteiger partial charge in [-0.05, 0) is 32.1 Å². The Bertz CT molecular complexity index is 605. The van der Waals surface area contributed by atoms with Crippen LogP contribution in [0.4, 0.5) is 0 Å². The number of rotatable bonds is 31. The molecule has 0 aliphatic heterocycles. The molecule has 0 spiro atoms. The monoisotopic (exact) mass is 546 g/mol. The highest BCUT2D eigenvalue weighted by atomic mass is 15.1. The third-order valence-electron chi connectivity index (χ3n) is 8.85. The fraction of sp³-hybridized carbons (Fsp3) is 0.919. The smallest absolute Gasteiger partial charge is 0.234 e. The van der Waals surface area contributed by atoms with Crippen LogP contribution < -0.4 is 4.57 Å². The summed E-state index contributed by atoms with van der Waals surface area (Å²) in [4.78, 5) is 0. The van der Waals surface area contributed by atoms with Crippen LogP contribution in [-0.4, -0.2) is 4.57 Å². The van der Waals surface area contributed by atoms with E-state index in [4.69, 9.17) is 0 Å². The molecule has 0 aliphatic carbocycles. The lowest BCUT2D eigenvalue weighted by atomic mass is 10.0. The summed E-state index contributed by atoms with van der Waals surface area (Å²) >= 11 is 0. The average molecular weight is 546 g/mol. The molecule has 0 saturated heterocycles. The van der Waals surface area contributed by atoms with Gasteiger partial charge in [-0.1, -0.05) is 168 Å². The topological polar surface area (TPSA) is 8.81 Å². The molecule has 0 aliphatic rings. The summed E-state index contributed by atoms with van der Waals surface area (Å²) in [5.41, 5.74) is 0. The molecule has 0 N–H and O–H groups in total. The van der Waals surface area contributed by atoms with Gasteiger partial charge in [-0.2, -0.15) is 0 Å². The molecular weight excluding hydrogens is 472 g/mol. The van der Waals surface area contributed by atoms with E-state index in [1.165, 1.54) is 199 Å². The van der Waals surface area contributed by atoms with E-state index in [1.807, 2.05) is 0 Å². The Hall–Kier alpha value is -0.790. The zero-order valence-corrected chi connectivity index (χ0v) is 27.5. The average Bonchev–Trinajstić information content (AvgIpc) is 3.33. The van der Waals surface area contributed by atoms with Crippen molar-refractivity contribution >= 4 is 0 Å². The van der Waals surface area contributed by atoms with Crippen molar-refractivity contribution in [3.05, 3.63) is 18.2 Å². The van der Waals surface area contributed by atoms with Gasteiger partial charge in [0.1, 0.15) is 12.4 Å². The maximum absolute atomic E-state index is 2.61. The van der Waals surface area contributed by atoms with Gasteiger partial charge >= 0.3 is 0 Å². The first-order chi connectivity index (χ1) is 19.3. The zero-order valence-electron chi connectivity index (χ0n) is 27.5. The molecule has 0 bridgehead atoms. The Labute approximate surface area is 247 Å². The van der Waals surface area contributed by atoms with Gasteiger partial charge in [0, 0.05) is 6.42 Å². The van der Waals surface area contributed by atoms with Crippen LogP contribution in [-0.2, 0) is 19.5 Å². The highest BCUT2D eigenvalue weighted by Crippen LogP contribution is 2.15. The van der Waals surface area contributed by atoms with Gasteiger partial charge in [0.25, 0.3) is 5.82 Å². The normalized spacial score (nSPS) is 11.6. The van der Waals surface area contributed by atoms with E-state index in [0.29, 0.717) is 0 Å². The van der Waals surface area contributed by atoms with Gasteiger partial charge in [-0.15, -0.1) is 0 Å². The maximum Gasteiger partial charge on any atom is 0.256 e. The van der Waals surface area contributed by atoms with Crippen LogP contribution in [0.2, 0.25) is 0 Å². The van der Waals surface area contributed by atoms with Crippen molar-refractivity contribution < 1.29 is 4.57 Å². The van der Waals surface area contributed by atoms with E-state index in [-0.39, 0.29) is 0 Å². The molecule has 0 radical (unpaired) electrons. The molecule has 1 aromatic heterocycles. The predicted octanol–water partition coefficient (Wildman–Crippen LogP) is 12.3. The Morgan fingerprint density at radius 1 is 0.436 bits per heavy atom. The van der Waals surface area contributed by atoms with Gasteiger partial charge < -0.3 is 0 Å². The summed E-state index contributed by atoms with van der Waals surface area (Å²) in [7, 11) is 0. The van der Waals surface area contributed by atoms with Crippen molar-refractivity contribution in [2.24, 2.45) is 0 Å². The van der Waals surface area contributed by atoms with E-state index in [0.717, 1.165) is 0 Å². The maximum atomic E-state index is 2.61. The Kier molecular flexibility index (Phi) is 26.7. The predicted molar refractivity (Wildman–Crippen MR) is 175 cm³/mol. The van der Waals surface area contributed by atoms with E-state index in [9.17, 15) is 0 Å². The highest BCUT2D eigenvalue weighted by molar-refractivity contribution is 4.84. The first-order valence-corrected chi connectivity index (χ1v) is 18.4. The molecule has 1 heterocycles.